The van der Waals surface area contributed by atoms with E-state index in [1.807, 2.05) is 0 Å². The van der Waals surface area contributed by atoms with E-state index in [4.69, 9.17) is 0 Å². The van der Waals surface area contributed by atoms with Crippen LogP contribution in [0.1, 0.15) is 6.92 Å². The van der Waals surface area contributed by atoms with Crippen LogP contribution in [0.4, 0.5) is 0 Å². The average molecular weight is 268 g/mol. The zero-order chi connectivity index (χ0) is 10.1. The van der Waals surface area contributed by atoms with Crippen LogP contribution in [0, 0.1) is 0 Å². The second-order valence-electron chi connectivity index (χ2n) is 2.42. The summed E-state index contributed by atoms with van der Waals surface area (Å²) in [6, 6.07) is 0. The summed E-state index contributed by atoms with van der Waals surface area (Å²) >= 11 is 3.14. The van der Waals surface area contributed by atoms with Crippen LogP contribution < -0.4 is 4.72 Å². The van der Waals surface area contributed by atoms with Gasteiger partial charge in [0.2, 0.25) is 10.0 Å². The average Bonchev–Trinajstić information content (AvgIpc) is 2.33. The summed E-state index contributed by atoms with van der Waals surface area (Å²) in [6.07, 6.45) is 1.31. The third-order valence-electron chi connectivity index (χ3n) is 1.46. The van der Waals surface area contributed by atoms with Crippen LogP contribution in [0.2, 0.25) is 0 Å². The van der Waals surface area contributed by atoms with Crippen LogP contribution in [-0.4, -0.2) is 24.7 Å². The molecular formula is C6H10BrN3O2S. The Labute approximate surface area is 85.3 Å². The summed E-state index contributed by atoms with van der Waals surface area (Å²) in [5, 5.41) is 3.82. The maximum atomic E-state index is 11.5. The molecule has 1 aromatic rings. The molecule has 5 nitrogen and oxygen atoms in total. The highest BCUT2D eigenvalue weighted by Gasteiger charge is 2.19. The fourth-order valence-corrected chi connectivity index (χ4v) is 2.76. The predicted molar refractivity (Wildman–Crippen MR) is 51.8 cm³/mol. The van der Waals surface area contributed by atoms with Gasteiger partial charge in [0.15, 0.2) is 0 Å². The molecule has 0 bridgehead atoms. The minimum absolute atomic E-state index is 0.164. The second kappa shape index (κ2) is 3.77. The molecule has 1 heterocycles. The molecule has 0 atom stereocenters. The highest BCUT2D eigenvalue weighted by atomic mass is 79.9. The van der Waals surface area contributed by atoms with Crippen LogP contribution in [0.25, 0.3) is 0 Å². The van der Waals surface area contributed by atoms with Crippen LogP contribution >= 0.6 is 15.9 Å². The highest BCUT2D eigenvalue weighted by molar-refractivity contribution is 9.10. The van der Waals surface area contributed by atoms with Crippen molar-refractivity contribution < 1.29 is 8.42 Å². The zero-order valence-electron chi connectivity index (χ0n) is 7.28. The van der Waals surface area contributed by atoms with Crippen LogP contribution in [0.15, 0.2) is 15.7 Å². The van der Waals surface area contributed by atoms with Gasteiger partial charge in [-0.3, -0.25) is 4.68 Å². The molecule has 0 saturated heterocycles. The Balaban J connectivity index is 3.15. The summed E-state index contributed by atoms with van der Waals surface area (Å²) in [5.41, 5.74) is 0. The lowest BCUT2D eigenvalue weighted by Crippen LogP contribution is -2.23. The number of hydrogen-bond acceptors (Lipinski definition) is 3. The third kappa shape index (κ3) is 2.09. The minimum Gasteiger partial charge on any atom is -0.260 e. The SMILES string of the molecule is CCNS(=O)(=O)c1cnn(C)c1Br. The summed E-state index contributed by atoms with van der Waals surface area (Å²) in [7, 11) is -1.74. The summed E-state index contributed by atoms with van der Waals surface area (Å²) < 4.78 is 27.2. The van der Waals surface area contributed by atoms with Gasteiger partial charge in [-0.05, 0) is 15.9 Å². The van der Waals surface area contributed by atoms with Crippen molar-refractivity contribution in [2.75, 3.05) is 6.54 Å². The summed E-state index contributed by atoms with van der Waals surface area (Å²) in [4.78, 5) is 0.164. The van der Waals surface area contributed by atoms with Gasteiger partial charge in [0.1, 0.15) is 9.50 Å². The Bertz CT molecular complexity index is 398. The van der Waals surface area contributed by atoms with E-state index in [0.29, 0.717) is 11.1 Å². The molecular weight excluding hydrogens is 258 g/mol. The monoisotopic (exact) mass is 267 g/mol. The molecule has 0 unspecified atom stereocenters. The number of nitrogens with zero attached hydrogens (tertiary/aromatic N) is 2. The molecule has 1 N–H and O–H groups in total. The number of rotatable bonds is 3. The molecule has 13 heavy (non-hydrogen) atoms. The molecule has 0 aliphatic rings. The lowest BCUT2D eigenvalue weighted by Gasteiger charge is -2.01. The first-order valence-corrected chi connectivity index (χ1v) is 5.94. The van der Waals surface area contributed by atoms with Crippen molar-refractivity contribution in [3.63, 3.8) is 0 Å². The van der Waals surface area contributed by atoms with Crippen LogP contribution in [-0.2, 0) is 17.1 Å². The van der Waals surface area contributed by atoms with Crippen molar-refractivity contribution in [2.24, 2.45) is 7.05 Å². The van der Waals surface area contributed by atoms with Crippen molar-refractivity contribution in [2.45, 2.75) is 11.8 Å². The van der Waals surface area contributed by atoms with Crippen molar-refractivity contribution in [1.82, 2.24) is 14.5 Å². The molecule has 0 fully saturated rings. The smallest absolute Gasteiger partial charge is 0.244 e. The van der Waals surface area contributed by atoms with Gasteiger partial charge in [0.05, 0.1) is 6.20 Å². The number of hydrogen-bond donors (Lipinski definition) is 1. The maximum absolute atomic E-state index is 11.5. The lowest BCUT2D eigenvalue weighted by atomic mass is 10.7. The molecule has 0 spiro atoms. The van der Waals surface area contributed by atoms with Gasteiger partial charge >= 0.3 is 0 Å². The van der Waals surface area contributed by atoms with Crippen molar-refractivity contribution in [1.29, 1.82) is 0 Å². The molecule has 0 aliphatic carbocycles. The fraction of sp³-hybridized carbons (Fsp3) is 0.500. The zero-order valence-corrected chi connectivity index (χ0v) is 9.68. The van der Waals surface area contributed by atoms with Gasteiger partial charge in [-0.15, -0.1) is 0 Å². The van der Waals surface area contributed by atoms with E-state index in [0.717, 1.165) is 0 Å². The number of aryl methyl sites for hydroxylation is 1. The number of sulfonamides is 1. The molecule has 74 valence electrons. The standard InChI is InChI=1S/C6H10BrN3O2S/c1-3-9-13(11,12)5-4-8-10(2)6(5)7/h4,9H,3H2,1-2H3. The Morgan fingerprint density at radius 3 is 2.69 bits per heavy atom. The molecule has 7 heteroatoms. The van der Waals surface area contributed by atoms with Gasteiger partial charge in [0, 0.05) is 13.6 Å². The van der Waals surface area contributed by atoms with Crippen LogP contribution in [0.3, 0.4) is 0 Å². The van der Waals surface area contributed by atoms with E-state index < -0.39 is 10.0 Å². The quantitative estimate of drug-likeness (QED) is 0.867. The lowest BCUT2D eigenvalue weighted by molar-refractivity contribution is 0.583. The normalized spacial score (nSPS) is 11.9. The van der Waals surface area contributed by atoms with Gasteiger partial charge in [0.25, 0.3) is 0 Å². The summed E-state index contributed by atoms with van der Waals surface area (Å²) in [6.45, 7) is 2.09. The number of aromatic nitrogens is 2. The van der Waals surface area contributed by atoms with Crippen molar-refractivity contribution >= 4 is 26.0 Å². The van der Waals surface area contributed by atoms with Gasteiger partial charge in [-0.1, -0.05) is 6.92 Å². The molecule has 0 amide bonds. The van der Waals surface area contributed by atoms with Crippen molar-refractivity contribution in [3.05, 3.63) is 10.8 Å². The van der Waals surface area contributed by atoms with Crippen LogP contribution in [0.5, 0.6) is 0 Å². The third-order valence-corrected chi connectivity index (χ3v) is 4.21. The van der Waals surface area contributed by atoms with E-state index in [2.05, 4.69) is 25.8 Å². The van der Waals surface area contributed by atoms with E-state index in [-0.39, 0.29) is 4.90 Å². The molecule has 1 aromatic heterocycles. The van der Waals surface area contributed by atoms with E-state index >= 15 is 0 Å². The topological polar surface area (TPSA) is 64.0 Å². The van der Waals surface area contributed by atoms with E-state index in [1.165, 1.54) is 10.9 Å². The largest absolute Gasteiger partial charge is 0.260 e. The fourth-order valence-electron chi connectivity index (χ4n) is 0.850. The molecule has 0 saturated carbocycles. The van der Waals surface area contributed by atoms with Gasteiger partial charge in [-0.2, -0.15) is 5.10 Å². The number of halogens is 1. The Kier molecular flexibility index (Phi) is 3.09. The highest BCUT2D eigenvalue weighted by Crippen LogP contribution is 2.19. The molecule has 0 radical (unpaired) electrons. The molecule has 0 aliphatic heterocycles. The number of nitrogens with one attached hydrogen (secondary N) is 1. The molecule has 0 aromatic carbocycles. The van der Waals surface area contributed by atoms with Crippen molar-refractivity contribution in [3.8, 4) is 0 Å². The second-order valence-corrected chi connectivity index (χ2v) is 4.91. The van der Waals surface area contributed by atoms with E-state index in [1.54, 1.807) is 14.0 Å². The van der Waals surface area contributed by atoms with Gasteiger partial charge in [-0.25, -0.2) is 13.1 Å². The first-order valence-electron chi connectivity index (χ1n) is 3.66. The Morgan fingerprint density at radius 1 is 1.69 bits per heavy atom. The first kappa shape index (κ1) is 10.7. The minimum atomic E-state index is -3.40. The predicted octanol–water partition coefficient (Wildman–Crippen LogP) is 0.481. The maximum Gasteiger partial charge on any atom is 0.244 e. The Morgan fingerprint density at radius 2 is 2.31 bits per heavy atom. The first-order chi connectivity index (χ1) is 5.99. The summed E-state index contributed by atoms with van der Waals surface area (Å²) in [5.74, 6) is 0. The van der Waals surface area contributed by atoms with Gasteiger partial charge < -0.3 is 0 Å². The molecule has 1 rings (SSSR count). The Hall–Kier alpha value is -0.400. The van der Waals surface area contributed by atoms with E-state index in [9.17, 15) is 8.42 Å².